The van der Waals surface area contributed by atoms with E-state index in [0.717, 1.165) is 5.56 Å². The smallest absolute Gasteiger partial charge is 0.322 e. The number of aromatic nitrogens is 2. The van der Waals surface area contributed by atoms with Gasteiger partial charge in [0.05, 0.1) is 37.2 Å². The van der Waals surface area contributed by atoms with E-state index in [4.69, 9.17) is 14.5 Å². The molecule has 0 bridgehead atoms. The minimum Gasteiger partial charge on any atom is -0.497 e. The number of nitrogens with zero attached hydrogens (tertiary/aromatic N) is 3. The molecule has 1 atom stereocenters. The summed E-state index contributed by atoms with van der Waals surface area (Å²) in [5.41, 5.74) is 2.01. The second kappa shape index (κ2) is 11.5. The van der Waals surface area contributed by atoms with Crippen molar-refractivity contribution in [1.29, 1.82) is 0 Å². The minimum atomic E-state index is -0.522. The van der Waals surface area contributed by atoms with Gasteiger partial charge in [-0.15, -0.1) is 0 Å². The van der Waals surface area contributed by atoms with Crippen LogP contribution in [0, 0.1) is 0 Å². The van der Waals surface area contributed by atoms with Gasteiger partial charge < -0.3 is 19.7 Å². The second-order valence-corrected chi connectivity index (χ2v) is 8.39. The largest absolute Gasteiger partial charge is 0.497 e. The Morgan fingerprint density at radius 1 is 1.03 bits per heavy atom. The fourth-order valence-electron chi connectivity index (χ4n) is 4.12. The van der Waals surface area contributed by atoms with Crippen molar-refractivity contribution in [2.75, 3.05) is 32.7 Å². The molecule has 8 nitrogen and oxygen atoms in total. The highest BCUT2D eigenvalue weighted by Crippen LogP contribution is 2.23. The highest BCUT2D eigenvalue weighted by Gasteiger charge is 2.26. The molecule has 1 heterocycles. The summed E-state index contributed by atoms with van der Waals surface area (Å²) >= 11 is 0. The van der Waals surface area contributed by atoms with E-state index in [1.807, 2.05) is 61.5 Å². The maximum absolute atomic E-state index is 13.6. The van der Waals surface area contributed by atoms with E-state index >= 15 is 0 Å². The van der Waals surface area contributed by atoms with E-state index < -0.39 is 6.04 Å². The number of hydrogen-bond acceptors (Lipinski definition) is 5. The lowest BCUT2D eigenvalue weighted by Crippen LogP contribution is -2.41. The average molecular weight is 487 g/mol. The average Bonchev–Trinajstić information content (AvgIpc) is 2.91. The molecular formula is C28H30N4O4. The van der Waals surface area contributed by atoms with Gasteiger partial charge in [-0.05, 0) is 36.8 Å². The van der Waals surface area contributed by atoms with E-state index in [9.17, 15) is 9.59 Å². The molecule has 36 heavy (non-hydrogen) atoms. The Balaban J connectivity index is 1.75. The van der Waals surface area contributed by atoms with Crippen molar-refractivity contribution in [3.05, 3.63) is 101 Å². The summed E-state index contributed by atoms with van der Waals surface area (Å²) in [5, 5.41) is 3.47. The van der Waals surface area contributed by atoms with E-state index in [-0.39, 0.29) is 11.6 Å². The highest BCUT2D eigenvalue weighted by molar-refractivity contribution is 5.90. The molecule has 186 valence electrons. The molecule has 0 aliphatic heterocycles. The van der Waals surface area contributed by atoms with E-state index in [1.165, 1.54) is 0 Å². The number of rotatable bonds is 9. The maximum Gasteiger partial charge on any atom is 0.322 e. The molecule has 2 amide bonds. The molecule has 0 fully saturated rings. The number of amides is 2. The van der Waals surface area contributed by atoms with Gasteiger partial charge in [0.15, 0.2) is 0 Å². The van der Waals surface area contributed by atoms with Gasteiger partial charge in [-0.1, -0.05) is 48.5 Å². The van der Waals surface area contributed by atoms with Crippen molar-refractivity contribution in [1.82, 2.24) is 14.5 Å². The summed E-state index contributed by atoms with van der Waals surface area (Å²) in [4.78, 5) is 33.5. The number of carbonyl (C=O) groups is 1. The lowest BCUT2D eigenvalue weighted by molar-refractivity contribution is 0.136. The SMILES string of the molecule is COCCN(C(=O)Nc1cccc(OC)c1)C(C)c1nc2ccccc2c(=O)n1Cc1ccccc1. The number of benzene rings is 3. The van der Waals surface area contributed by atoms with Crippen molar-refractivity contribution >= 4 is 22.6 Å². The number of urea groups is 1. The minimum absolute atomic E-state index is 0.147. The van der Waals surface area contributed by atoms with Crippen molar-refractivity contribution in [3.8, 4) is 5.75 Å². The van der Waals surface area contributed by atoms with Crippen LogP contribution in [0.1, 0.15) is 24.4 Å². The van der Waals surface area contributed by atoms with Crippen LogP contribution < -0.4 is 15.6 Å². The maximum atomic E-state index is 13.6. The third-order valence-corrected chi connectivity index (χ3v) is 6.03. The van der Waals surface area contributed by atoms with Gasteiger partial charge >= 0.3 is 6.03 Å². The fraction of sp³-hybridized carbons (Fsp3) is 0.250. The van der Waals surface area contributed by atoms with E-state index in [2.05, 4.69) is 5.32 Å². The van der Waals surface area contributed by atoms with Crippen LogP contribution in [0.25, 0.3) is 10.9 Å². The Labute approximate surface area is 210 Å². The number of anilines is 1. The Morgan fingerprint density at radius 2 is 1.78 bits per heavy atom. The summed E-state index contributed by atoms with van der Waals surface area (Å²) in [6, 6.07) is 23.3. The number of fused-ring (bicyclic) bond motifs is 1. The quantitative estimate of drug-likeness (QED) is 0.371. The first-order valence-corrected chi connectivity index (χ1v) is 11.8. The van der Waals surface area contributed by atoms with Gasteiger partial charge in [-0.25, -0.2) is 9.78 Å². The number of nitrogens with one attached hydrogen (secondary N) is 1. The monoisotopic (exact) mass is 486 g/mol. The van der Waals surface area contributed by atoms with Gasteiger partial charge in [0.1, 0.15) is 11.6 Å². The van der Waals surface area contributed by atoms with E-state index in [1.54, 1.807) is 48.0 Å². The molecule has 4 rings (SSSR count). The Hall–Kier alpha value is -4.17. The molecule has 8 heteroatoms. The zero-order chi connectivity index (χ0) is 25.5. The Morgan fingerprint density at radius 3 is 2.53 bits per heavy atom. The van der Waals surface area contributed by atoms with Crippen molar-refractivity contribution in [3.63, 3.8) is 0 Å². The van der Waals surface area contributed by atoms with Crippen LogP contribution in [0.2, 0.25) is 0 Å². The lowest BCUT2D eigenvalue weighted by atomic mass is 10.1. The number of methoxy groups -OCH3 is 2. The van der Waals surface area contributed by atoms with Crippen molar-refractivity contribution in [2.24, 2.45) is 0 Å². The molecular weight excluding hydrogens is 456 g/mol. The van der Waals surface area contributed by atoms with Crippen LogP contribution in [0.5, 0.6) is 5.75 Å². The van der Waals surface area contributed by atoms with Crippen molar-refractivity contribution < 1.29 is 14.3 Å². The second-order valence-electron chi connectivity index (χ2n) is 8.39. The molecule has 4 aromatic rings. The molecule has 0 spiro atoms. The molecule has 1 aromatic heterocycles. The molecule has 0 aliphatic rings. The predicted octanol–water partition coefficient (Wildman–Crippen LogP) is 4.69. The van der Waals surface area contributed by atoms with Crippen LogP contribution in [0.3, 0.4) is 0 Å². The molecule has 3 aromatic carbocycles. The first kappa shape index (κ1) is 24.9. The Kier molecular flexibility index (Phi) is 7.97. The van der Waals surface area contributed by atoms with Gasteiger partial charge in [0, 0.05) is 25.4 Å². The summed E-state index contributed by atoms with van der Waals surface area (Å²) < 4.78 is 12.2. The lowest BCUT2D eigenvalue weighted by Gasteiger charge is -2.30. The van der Waals surface area contributed by atoms with E-state index in [0.29, 0.717) is 47.9 Å². The van der Waals surface area contributed by atoms with Gasteiger partial charge in [-0.3, -0.25) is 9.36 Å². The zero-order valence-electron chi connectivity index (χ0n) is 20.7. The standard InChI is InChI=1S/C28H30N4O4/c1-20(31(16-17-35-2)28(34)29-22-12-9-13-23(18-22)36-3)26-30-25-15-8-7-14-24(25)27(33)32(26)19-21-10-5-4-6-11-21/h4-15,18,20H,16-17,19H2,1-3H3,(H,29,34). The fourth-order valence-corrected chi connectivity index (χ4v) is 4.12. The summed E-state index contributed by atoms with van der Waals surface area (Å²) in [7, 11) is 3.16. The summed E-state index contributed by atoms with van der Waals surface area (Å²) in [5.74, 6) is 1.14. The topological polar surface area (TPSA) is 85.7 Å². The molecule has 1 unspecified atom stereocenters. The van der Waals surface area contributed by atoms with Crippen LogP contribution in [-0.4, -0.2) is 47.9 Å². The number of para-hydroxylation sites is 1. The predicted molar refractivity (Wildman–Crippen MR) is 141 cm³/mol. The third-order valence-electron chi connectivity index (χ3n) is 6.03. The van der Waals surface area contributed by atoms with Crippen LogP contribution >= 0.6 is 0 Å². The first-order chi connectivity index (χ1) is 17.5. The zero-order valence-corrected chi connectivity index (χ0v) is 20.7. The number of ether oxygens (including phenoxy) is 2. The van der Waals surface area contributed by atoms with Gasteiger partial charge in [0.25, 0.3) is 5.56 Å². The molecule has 1 N–H and O–H groups in total. The van der Waals surface area contributed by atoms with Gasteiger partial charge in [-0.2, -0.15) is 0 Å². The molecule has 0 saturated heterocycles. The summed E-state index contributed by atoms with van der Waals surface area (Å²) in [6.07, 6.45) is 0. The third kappa shape index (κ3) is 5.55. The first-order valence-electron chi connectivity index (χ1n) is 11.8. The van der Waals surface area contributed by atoms with Gasteiger partial charge in [0.2, 0.25) is 0 Å². The van der Waals surface area contributed by atoms with Crippen LogP contribution in [-0.2, 0) is 11.3 Å². The normalized spacial score (nSPS) is 11.8. The molecule has 0 saturated carbocycles. The molecule has 0 radical (unpaired) electrons. The molecule has 0 aliphatic carbocycles. The highest BCUT2D eigenvalue weighted by atomic mass is 16.5. The van der Waals surface area contributed by atoms with Crippen molar-refractivity contribution in [2.45, 2.75) is 19.5 Å². The Bertz CT molecular complexity index is 1390. The number of carbonyl (C=O) groups excluding carboxylic acids is 1. The van der Waals surface area contributed by atoms with Crippen LogP contribution in [0.4, 0.5) is 10.5 Å². The van der Waals surface area contributed by atoms with Crippen LogP contribution in [0.15, 0.2) is 83.7 Å². The summed E-state index contributed by atoms with van der Waals surface area (Å²) in [6.45, 7) is 2.85. The number of hydrogen-bond donors (Lipinski definition) is 1.